The zero-order chi connectivity index (χ0) is 11.3. The van der Waals surface area contributed by atoms with E-state index in [1.807, 2.05) is 18.2 Å². The van der Waals surface area contributed by atoms with Crippen molar-refractivity contribution in [3.8, 4) is 5.75 Å². The van der Waals surface area contributed by atoms with Crippen LogP contribution >= 0.6 is 28.3 Å². The zero-order valence-corrected chi connectivity index (χ0v) is 12.1. The fraction of sp³-hybridized carbons (Fsp3) is 0.500. The Morgan fingerprint density at radius 2 is 2.12 bits per heavy atom. The molecule has 16 heavy (non-hydrogen) atoms. The maximum Gasteiger partial charge on any atom is 0.123 e. The van der Waals surface area contributed by atoms with Gasteiger partial charge in [0.05, 0.1) is 7.11 Å². The van der Waals surface area contributed by atoms with E-state index < -0.39 is 0 Å². The van der Waals surface area contributed by atoms with Crippen LogP contribution in [0.2, 0.25) is 0 Å². The van der Waals surface area contributed by atoms with Crippen LogP contribution in [0.15, 0.2) is 22.7 Å². The van der Waals surface area contributed by atoms with Gasteiger partial charge in [0.25, 0.3) is 0 Å². The van der Waals surface area contributed by atoms with Gasteiger partial charge in [0.2, 0.25) is 0 Å². The van der Waals surface area contributed by atoms with Crippen molar-refractivity contribution in [2.75, 3.05) is 7.11 Å². The Bertz CT molecular complexity index is 320. The second-order valence-electron chi connectivity index (χ2n) is 3.63. The molecule has 0 aliphatic carbocycles. The molecule has 2 nitrogen and oxygen atoms in total. The van der Waals surface area contributed by atoms with Crippen molar-refractivity contribution in [1.29, 1.82) is 0 Å². The maximum absolute atomic E-state index is 6.13. The van der Waals surface area contributed by atoms with Crippen LogP contribution in [0.3, 0.4) is 0 Å². The van der Waals surface area contributed by atoms with E-state index in [-0.39, 0.29) is 18.4 Å². The van der Waals surface area contributed by atoms with E-state index in [4.69, 9.17) is 10.5 Å². The number of rotatable bonds is 5. The van der Waals surface area contributed by atoms with Gasteiger partial charge in [-0.3, -0.25) is 0 Å². The Balaban J connectivity index is 0.00000225. The quantitative estimate of drug-likeness (QED) is 0.890. The smallest absolute Gasteiger partial charge is 0.123 e. The van der Waals surface area contributed by atoms with Gasteiger partial charge >= 0.3 is 0 Å². The van der Waals surface area contributed by atoms with E-state index in [0.29, 0.717) is 0 Å². The van der Waals surface area contributed by atoms with Crippen molar-refractivity contribution in [1.82, 2.24) is 0 Å². The lowest BCUT2D eigenvalue weighted by atomic mass is 10.0. The van der Waals surface area contributed by atoms with Crippen LogP contribution in [-0.2, 0) is 0 Å². The molecule has 0 heterocycles. The molecular weight excluding hydrogens is 289 g/mol. The molecule has 0 aliphatic rings. The summed E-state index contributed by atoms with van der Waals surface area (Å²) in [6, 6.07) is 6.02. The second-order valence-corrected chi connectivity index (χ2v) is 4.55. The Hall–Kier alpha value is -0.250. The number of hydrogen-bond acceptors (Lipinski definition) is 2. The molecule has 0 amide bonds. The van der Waals surface area contributed by atoms with Crippen LogP contribution in [0, 0.1) is 0 Å². The molecule has 0 saturated heterocycles. The minimum atomic E-state index is 0. The summed E-state index contributed by atoms with van der Waals surface area (Å²) in [6.45, 7) is 2.17. The van der Waals surface area contributed by atoms with Crippen molar-refractivity contribution in [3.63, 3.8) is 0 Å². The van der Waals surface area contributed by atoms with E-state index in [0.717, 1.165) is 28.6 Å². The number of benzene rings is 1. The van der Waals surface area contributed by atoms with E-state index in [2.05, 4.69) is 22.9 Å². The zero-order valence-electron chi connectivity index (χ0n) is 9.70. The SMILES string of the molecule is CCCC[C@@H](N)c1cc(Br)ccc1OC.Cl. The molecule has 0 radical (unpaired) electrons. The first-order valence-corrected chi connectivity index (χ1v) is 6.07. The molecule has 0 saturated carbocycles. The standard InChI is InChI=1S/C12H18BrNO.ClH/c1-3-4-5-11(14)10-8-9(13)6-7-12(10)15-2;/h6-8,11H,3-5,14H2,1-2H3;1H/t11-;/m1./s1. The van der Waals surface area contributed by atoms with Crippen molar-refractivity contribution in [2.45, 2.75) is 32.2 Å². The molecular formula is C12H19BrClNO. The van der Waals surface area contributed by atoms with Crippen molar-refractivity contribution in [3.05, 3.63) is 28.2 Å². The highest BCUT2D eigenvalue weighted by Gasteiger charge is 2.11. The fourth-order valence-corrected chi connectivity index (χ4v) is 1.95. The van der Waals surface area contributed by atoms with Crippen LogP contribution in [-0.4, -0.2) is 7.11 Å². The number of ether oxygens (including phenoxy) is 1. The fourth-order valence-electron chi connectivity index (χ4n) is 1.57. The molecule has 0 aliphatic heterocycles. The van der Waals surface area contributed by atoms with Gasteiger partial charge < -0.3 is 10.5 Å². The van der Waals surface area contributed by atoms with Crippen molar-refractivity contribution < 1.29 is 4.74 Å². The van der Waals surface area contributed by atoms with Gasteiger partial charge in [-0.05, 0) is 24.6 Å². The monoisotopic (exact) mass is 307 g/mol. The number of halogens is 2. The van der Waals surface area contributed by atoms with Gasteiger partial charge in [-0.1, -0.05) is 35.7 Å². The van der Waals surface area contributed by atoms with Crippen molar-refractivity contribution >= 4 is 28.3 Å². The third kappa shape index (κ3) is 4.32. The van der Waals surface area contributed by atoms with Crippen LogP contribution in [0.25, 0.3) is 0 Å². The van der Waals surface area contributed by atoms with Crippen molar-refractivity contribution in [2.24, 2.45) is 5.73 Å². The number of nitrogens with two attached hydrogens (primary N) is 1. The molecule has 92 valence electrons. The van der Waals surface area contributed by atoms with Gasteiger partial charge in [0.1, 0.15) is 5.75 Å². The number of methoxy groups -OCH3 is 1. The molecule has 2 N–H and O–H groups in total. The lowest BCUT2D eigenvalue weighted by Gasteiger charge is -2.15. The topological polar surface area (TPSA) is 35.2 Å². The molecule has 0 aromatic heterocycles. The number of hydrogen-bond donors (Lipinski definition) is 1. The summed E-state index contributed by atoms with van der Waals surface area (Å²) in [5.74, 6) is 0.877. The summed E-state index contributed by atoms with van der Waals surface area (Å²) in [6.07, 6.45) is 3.32. The maximum atomic E-state index is 6.13. The summed E-state index contributed by atoms with van der Waals surface area (Å²) < 4.78 is 6.35. The van der Waals surface area contributed by atoms with E-state index >= 15 is 0 Å². The van der Waals surface area contributed by atoms with Gasteiger partial charge in [-0.15, -0.1) is 12.4 Å². The van der Waals surface area contributed by atoms with Crippen LogP contribution in [0.5, 0.6) is 5.75 Å². The van der Waals surface area contributed by atoms with Crippen LogP contribution in [0.4, 0.5) is 0 Å². The summed E-state index contributed by atoms with van der Waals surface area (Å²) in [5, 5.41) is 0. The Kier molecular flexibility index (Phi) is 7.81. The Morgan fingerprint density at radius 1 is 1.44 bits per heavy atom. The number of unbranched alkanes of at least 4 members (excludes halogenated alkanes) is 1. The minimum absolute atomic E-state index is 0. The van der Waals surface area contributed by atoms with E-state index in [9.17, 15) is 0 Å². The first-order valence-electron chi connectivity index (χ1n) is 5.28. The average Bonchev–Trinajstić information content (AvgIpc) is 2.25. The van der Waals surface area contributed by atoms with Gasteiger partial charge in [0, 0.05) is 16.1 Å². The predicted octanol–water partition coefficient (Wildman–Crippen LogP) is 4.07. The van der Waals surface area contributed by atoms with E-state index in [1.165, 1.54) is 6.42 Å². The largest absolute Gasteiger partial charge is 0.496 e. The Labute approximate surface area is 112 Å². The molecule has 1 rings (SSSR count). The molecule has 0 bridgehead atoms. The Morgan fingerprint density at radius 3 is 2.69 bits per heavy atom. The second kappa shape index (κ2) is 7.93. The summed E-state index contributed by atoms with van der Waals surface area (Å²) >= 11 is 3.45. The summed E-state index contributed by atoms with van der Waals surface area (Å²) in [4.78, 5) is 0. The third-order valence-electron chi connectivity index (χ3n) is 2.46. The highest BCUT2D eigenvalue weighted by Crippen LogP contribution is 2.29. The minimum Gasteiger partial charge on any atom is -0.496 e. The lowest BCUT2D eigenvalue weighted by Crippen LogP contribution is -2.11. The first kappa shape index (κ1) is 15.8. The third-order valence-corrected chi connectivity index (χ3v) is 2.95. The molecule has 0 fully saturated rings. The van der Waals surface area contributed by atoms with Crippen LogP contribution in [0.1, 0.15) is 37.8 Å². The molecule has 0 spiro atoms. The lowest BCUT2D eigenvalue weighted by molar-refractivity contribution is 0.403. The van der Waals surface area contributed by atoms with E-state index in [1.54, 1.807) is 7.11 Å². The molecule has 0 unspecified atom stereocenters. The van der Waals surface area contributed by atoms with Gasteiger partial charge in [-0.25, -0.2) is 0 Å². The average molecular weight is 309 g/mol. The summed E-state index contributed by atoms with van der Waals surface area (Å²) in [7, 11) is 1.68. The van der Waals surface area contributed by atoms with Gasteiger partial charge in [0.15, 0.2) is 0 Å². The first-order chi connectivity index (χ1) is 7.19. The highest BCUT2D eigenvalue weighted by molar-refractivity contribution is 9.10. The highest BCUT2D eigenvalue weighted by atomic mass is 79.9. The van der Waals surface area contributed by atoms with Gasteiger partial charge in [-0.2, -0.15) is 0 Å². The molecule has 1 aromatic rings. The normalized spacial score (nSPS) is 11.8. The molecule has 4 heteroatoms. The van der Waals surface area contributed by atoms with Crippen LogP contribution < -0.4 is 10.5 Å². The molecule has 1 aromatic carbocycles. The summed E-state index contributed by atoms with van der Waals surface area (Å²) in [5.41, 5.74) is 7.21. The molecule has 1 atom stereocenters. The predicted molar refractivity (Wildman–Crippen MR) is 74.4 cm³/mol.